The van der Waals surface area contributed by atoms with Crippen molar-refractivity contribution in [1.82, 2.24) is 9.78 Å². The molecule has 16 heavy (non-hydrogen) atoms. The Morgan fingerprint density at radius 1 is 1.62 bits per heavy atom. The van der Waals surface area contributed by atoms with Crippen LogP contribution in [0.15, 0.2) is 6.07 Å². The standard InChI is InChI=1S/C12H21N3O/c1-9(13)7-10-8-11(15(2)14-10)12-5-3-4-6-16-12/h8-9,12H,3-7,13H2,1-2H3. The van der Waals surface area contributed by atoms with Crippen LogP contribution in [0, 0.1) is 0 Å². The molecule has 1 aromatic heterocycles. The molecule has 0 aliphatic carbocycles. The molecule has 1 fully saturated rings. The van der Waals surface area contributed by atoms with E-state index in [0.29, 0.717) is 0 Å². The van der Waals surface area contributed by atoms with Gasteiger partial charge in [0.05, 0.1) is 17.5 Å². The van der Waals surface area contributed by atoms with Crippen molar-refractivity contribution >= 4 is 0 Å². The molecular weight excluding hydrogens is 202 g/mol. The Hall–Kier alpha value is -0.870. The largest absolute Gasteiger partial charge is 0.372 e. The number of aromatic nitrogens is 2. The Morgan fingerprint density at radius 2 is 2.44 bits per heavy atom. The van der Waals surface area contributed by atoms with Gasteiger partial charge in [0.1, 0.15) is 0 Å². The van der Waals surface area contributed by atoms with Crippen LogP contribution in [-0.4, -0.2) is 22.4 Å². The maximum absolute atomic E-state index is 5.78. The summed E-state index contributed by atoms with van der Waals surface area (Å²) in [7, 11) is 1.98. The van der Waals surface area contributed by atoms with Gasteiger partial charge >= 0.3 is 0 Å². The van der Waals surface area contributed by atoms with Gasteiger partial charge in [-0.25, -0.2) is 0 Å². The summed E-state index contributed by atoms with van der Waals surface area (Å²) in [6.45, 7) is 2.88. The lowest BCUT2D eigenvalue weighted by Crippen LogP contribution is -2.18. The van der Waals surface area contributed by atoms with Gasteiger partial charge in [0.25, 0.3) is 0 Å². The molecule has 4 nitrogen and oxygen atoms in total. The van der Waals surface area contributed by atoms with Gasteiger partial charge in [0, 0.05) is 26.1 Å². The molecule has 0 bridgehead atoms. The van der Waals surface area contributed by atoms with Gasteiger partial charge in [-0.05, 0) is 32.3 Å². The van der Waals surface area contributed by atoms with Crippen LogP contribution in [0.3, 0.4) is 0 Å². The van der Waals surface area contributed by atoms with Gasteiger partial charge in [-0.1, -0.05) is 0 Å². The highest BCUT2D eigenvalue weighted by atomic mass is 16.5. The second kappa shape index (κ2) is 4.97. The van der Waals surface area contributed by atoms with Crippen LogP contribution in [0.5, 0.6) is 0 Å². The van der Waals surface area contributed by atoms with Gasteiger partial charge in [0.15, 0.2) is 0 Å². The smallest absolute Gasteiger partial charge is 0.0991 e. The van der Waals surface area contributed by atoms with Crippen molar-refractivity contribution in [2.45, 2.75) is 44.8 Å². The molecule has 0 spiro atoms. The Labute approximate surface area is 96.8 Å². The van der Waals surface area contributed by atoms with Gasteiger partial charge in [-0.2, -0.15) is 5.10 Å². The molecule has 1 aliphatic heterocycles. The van der Waals surface area contributed by atoms with Crippen LogP contribution < -0.4 is 5.73 Å². The fourth-order valence-corrected chi connectivity index (χ4v) is 2.25. The Bertz CT molecular complexity index is 340. The fraction of sp³-hybridized carbons (Fsp3) is 0.750. The maximum atomic E-state index is 5.78. The second-order valence-corrected chi connectivity index (χ2v) is 4.72. The molecule has 0 radical (unpaired) electrons. The molecule has 2 rings (SSSR count). The van der Waals surface area contributed by atoms with E-state index in [0.717, 1.165) is 25.1 Å². The van der Waals surface area contributed by atoms with Crippen molar-refractivity contribution in [3.63, 3.8) is 0 Å². The number of rotatable bonds is 3. The highest BCUT2D eigenvalue weighted by molar-refractivity contribution is 5.14. The van der Waals surface area contributed by atoms with Crippen LogP contribution in [0.1, 0.15) is 43.7 Å². The van der Waals surface area contributed by atoms with E-state index in [1.165, 1.54) is 18.5 Å². The maximum Gasteiger partial charge on any atom is 0.0991 e. The van der Waals surface area contributed by atoms with Gasteiger partial charge in [0.2, 0.25) is 0 Å². The predicted octanol–water partition coefficient (Wildman–Crippen LogP) is 1.55. The molecule has 0 amide bonds. The first-order valence-corrected chi connectivity index (χ1v) is 6.07. The summed E-state index contributed by atoms with van der Waals surface area (Å²) in [6.07, 6.45) is 4.60. The molecule has 2 N–H and O–H groups in total. The van der Waals surface area contributed by atoms with Crippen molar-refractivity contribution < 1.29 is 4.74 Å². The number of hydrogen-bond donors (Lipinski definition) is 1. The third kappa shape index (κ3) is 2.62. The summed E-state index contributed by atoms with van der Waals surface area (Å²) in [5, 5.41) is 4.48. The molecule has 4 heteroatoms. The van der Waals surface area contributed by atoms with E-state index in [2.05, 4.69) is 11.2 Å². The zero-order valence-corrected chi connectivity index (χ0v) is 10.1. The first-order chi connectivity index (χ1) is 7.66. The summed E-state index contributed by atoms with van der Waals surface area (Å²) < 4.78 is 7.71. The van der Waals surface area contributed by atoms with E-state index in [-0.39, 0.29) is 12.1 Å². The molecule has 2 heterocycles. The van der Waals surface area contributed by atoms with Crippen molar-refractivity contribution in [2.24, 2.45) is 12.8 Å². The highest BCUT2D eigenvalue weighted by Gasteiger charge is 2.20. The molecule has 0 aromatic carbocycles. The lowest BCUT2D eigenvalue weighted by molar-refractivity contribution is 0.0101. The number of aryl methyl sites for hydroxylation is 1. The predicted molar refractivity (Wildman–Crippen MR) is 63.1 cm³/mol. The molecule has 0 saturated carbocycles. The van der Waals surface area contributed by atoms with Crippen LogP contribution in [0.2, 0.25) is 0 Å². The normalized spacial score (nSPS) is 23.3. The van der Waals surface area contributed by atoms with Crippen LogP contribution in [-0.2, 0) is 18.2 Å². The quantitative estimate of drug-likeness (QED) is 0.846. The number of hydrogen-bond acceptors (Lipinski definition) is 3. The van der Waals surface area contributed by atoms with Crippen LogP contribution in [0.4, 0.5) is 0 Å². The lowest BCUT2D eigenvalue weighted by Gasteiger charge is -2.22. The van der Waals surface area contributed by atoms with E-state index < -0.39 is 0 Å². The summed E-state index contributed by atoms with van der Waals surface area (Å²) in [5.41, 5.74) is 8.04. The monoisotopic (exact) mass is 223 g/mol. The topological polar surface area (TPSA) is 53.1 Å². The van der Waals surface area contributed by atoms with Crippen molar-refractivity contribution in [3.05, 3.63) is 17.5 Å². The zero-order chi connectivity index (χ0) is 11.5. The van der Waals surface area contributed by atoms with E-state index in [9.17, 15) is 0 Å². The average molecular weight is 223 g/mol. The first-order valence-electron chi connectivity index (χ1n) is 6.07. The summed E-state index contributed by atoms with van der Waals surface area (Å²) in [4.78, 5) is 0. The van der Waals surface area contributed by atoms with Crippen LogP contribution >= 0.6 is 0 Å². The minimum absolute atomic E-state index is 0.162. The highest BCUT2D eigenvalue weighted by Crippen LogP contribution is 2.27. The molecule has 2 atom stereocenters. The fourth-order valence-electron chi connectivity index (χ4n) is 2.25. The second-order valence-electron chi connectivity index (χ2n) is 4.72. The average Bonchev–Trinajstić information content (AvgIpc) is 2.60. The van der Waals surface area contributed by atoms with Gasteiger partial charge in [-0.15, -0.1) is 0 Å². The Kier molecular flexibility index (Phi) is 3.61. The Morgan fingerprint density at radius 3 is 3.06 bits per heavy atom. The first kappa shape index (κ1) is 11.6. The molecule has 90 valence electrons. The third-order valence-electron chi connectivity index (χ3n) is 3.01. The SMILES string of the molecule is CC(N)Cc1cc(C2CCCCO2)n(C)n1. The molecule has 2 unspecified atom stereocenters. The van der Waals surface area contributed by atoms with Gasteiger partial charge in [-0.3, -0.25) is 4.68 Å². The minimum atomic E-state index is 0.162. The molecule has 1 aromatic rings. The summed E-state index contributed by atoms with van der Waals surface area (Å²) >= 11 is 0. The molecular formula is C12H21N3O. The van der Waals surface area contributed by atoms with Crippen molar-refractivity contribution in [2.75, 3.05) is 6.61 Å². The van der Waals surface area contributed by atoms with Crippen molar-refractivity contribution in [1.29, 1.82) is 0 Å². The Balaban J connectivity index is 2.10. The van der Waals surface area contributed by atoms with E-state index in [1.54, 1.807) is 0 Å². The number of nitrogens with zero attached hydrogens (tertiary/aromatic N) is 2. The molecule has 1 aliphatic rings. The number of ether oxygens (including phenoxy) is 1. The summed E-state index contributed by atoms with van der Waals surface area (Å²) in [6, 6.07) is 2.30. The van der Waals surface area contributed by atoms with Crippen LogP contribution in [0.25, 0.3) is 0 Å². The number of nitrogens with two attached hydrogens (primary N) is 1. The van der Waals surface area contributed by atoms with Gasteiger partial charge < -0.3 is 10.5 Å². The third-order valence-corrected chi connectivity index (χ3v) is 3.01. The van der Waals surface area contributed by atoms with E-state index >= 15 is 0 Å². The lowest BCUT2D eigenvalue weighted by atomic mass is 10.1. The van der Waals surface area contributed by atoms with Crippen molar-refractivity contribution in [3.8, 4) is 0 Å². The van der Waals surface area contributed by atoms with E-state index in [1.807, 2.05) is 18.7 Å². The minimum Gasteiger partial charge on any atom is -0.372 e. The summed E-state index contributed by atoms with van der Waals surface area (Å²) in [5.74, 6) is 0. The van der Waals surface area contributed by atoms with E-state index in [4.69, 9.17) is 10.5 Å². The molecule has 1 saturated heterocycles. The zero-order valence-electron chi connectivity index (χ0n) is 10.1.